The van der Waals surface area contributed by atoms with E-state index in [-0.39, 0.29) is 11.8 Å². The molecule has 4 rings (SSSR count). The zero-order chi connectivity index (χ0) is 20.9. The first-order valence-electron chi connectivity index (χ1n) is 11.1. The Morgan fingerprint density at radius 1 is 1.20 bits per heavy atom. The van der Waals surface area contributed by atoms with Crippen LogP contribution in [0.15, 0.2) is 12.1 Å². The fourth-order valence-corrected chi connectivity index (χ4v) is 4.43. The molecule has 2 fully saturated rings. The van der Waals surface area contributed by atoms with Crippen LogP contribution < -0.4 is 20.1 Å². The van der Waals surface area contributed by atoms with E-state index in [1.165, 1.54) is 0 Å². The van der Waals surface area contributed by atoms with Gasteiger partial charge >= 0.3 is 0 Å². The molecular formula is C22H33N3O5. The van der Waals surface area contributed by atoms with Crippen LogP contribution in [0, 0.1) is 5.92 Å². The molecule has 0 spiro atoms. The predicted octanol–water partition coefficient (Wildman–Crippen LogP) is 1.48. The van der Waals surface area contributed by atoms with Gasteiger partial charge in [-0.15, -0.1) is 0 Å². The number of carbonyl (C=O) groups is 1. The van der Waals surface area contributed by atoms with Crippen molar-refractivity contribution in [2.24, 2.45) is 5.92 Å². The maximum absolute atomic E-state index is 13.0. The monoisotopic (exact) mass is 419 g/mol. The number of benzene rings is 1. The molecule has 3 heterocycles. The highest BCUT2D eigenvalue weighted by Crippen LogP contribution is 2.36. The van der Waals surface area contributed by atoms with E-state index in [9.17, 15) is 9.90 Å². The molecule has 0 aromatic heterocycles. The summed E-state index contributed by atoms with van der Waals surface area (Å²) in [5.74, 6) is 0.920. The number of aliphatic hydroxyl groups is 1. The number of piperidine rings is 1. The lowest BCUT2D eigenvalue weighted by Crippen LogP contribution is -2.49. The highest BCUT2D eigenvalue weighted by molar-refractivity contribution is 5.99. The SMILES string of the molecule is CNc1cc2c(c(C(=O)NC[C@@H]3CCN(CC4CCCO4)C[C@H]3O)c1)OCCCO2. The molecule has 1 amide bonds. The van der Waals surface area contributed by atoms with E-state index in [0.29, 0.717) is 49.5 Å². The standard InChI is InChI=1S/C22H33N3O5/c1-23-16-10-18(21-20(11-16)29-8-3-9-30-21)22(27)24-12-15-5-6-25(14-19(15)26)13-17-4-2-7-28-17/h10-11,15,17,19,23,26H,2-9,12-14H2,1H3,(H,24,27)/t15-,17?,19+/m0/s1. The Balaban J connectivity index is 1.34. The van der Waals surface area contributed by atoms with Crippen LogP contribution in [0.25, 0.3) is 0 Å². The molecule has 1 aromatic carbocycles. The maximum atomic E-state index is 13.0. The number of hydrogen-bond acceptors (Lipinski definition) is 7. The highest BCUT2D eigenvalue weighted by Gasteiger charge is 2.30. The smallest absolute Gasteiger partial charge is 0.255 e. The van der Waals surface area contributed by atoms with Crippen LogP contribution >= 0.6 is 0 Å². The summed E-state index contributed by atoms with van der Waals surface area (Å²) in [6.07, 6.45) is 3.70. The Hall–Kier alpha value is -2.03. The summed E-state index contributed by atoms with van der Waals surface area (Å²) in [7, 11) is 1.81. The molecule has 1 unspecified atom stereocenters. The number of nitrogens with one attached hydrogen (secondary N) is 2. The quantitative estimate of drug-likeness (QED) is 0.643. The minimum Gasteiger partial charge on any atom is -0.489 e. The molecular weight excluding hydrogens is 386 g/mol. The molecule has 0 bridgehead atoms. The Labute approximate surface area is 177 Å². The van der Waals surface area contributed by atoms with E-state index in [1.54, 1.807) is 6.07 Å². The van der Waals surface area contributed by atoms with Gasteiger partial charge in [0.2, 0.25) is 0 Å². The van der Waals surface area contributed by atoms with Gasteiger partial charge < -0.3 is 30.0 Å². The average Bonchev–Trinajstić information content (AvgIpc) is 3.14. The lowest BCUT2D eigenvalue weighted by atomic mass is 9.93. The Kier molecular flexibility index (Phi) is 6.97. The molecule has 3 N–H and O–H groups in total. The molecule has 30 heavy (non-hydrogen) atoms. The fraction of sp³-hybridized carbons (Fsp3) is 0.682. The number of β-amino-alcohol motifs (C(OH)–C–C–N with tert-alkyl or cyclic N) is 1. The van der Waals surface area contributed by atoms with Crippen LogP contribution in [0.4, 0.5) is 5.69 Å². The van der Waals surface area contributed by atoms with E-state index >= 15 is 0 Å². The number of aliphatic hydroxyl groups excluding tert-OH is 1. The molecule has 0 saturated carbocycles. The molecule has 166 valence electrons. The van der Waals surface area contributed by atoms with Crippen LogP contribution in [-0.2, 0) is 4.74 Å². The van der Waals surface area contributed by atoms with Crippen molar-refractivity contribution in [2.45, 2.75) is 37.9 Å². The zero-order valence-corrected chi connectivity index (χ0v) is 17.7. The second-order valence-corrected chi connectivity index (χ2v) is 8.37. The number of rotatable bonds is 6. The summed E-state index contributed by atoms with van der Waals surface area (Å²) >= 11 is 0. The van der Waals surface area contributed by atoms with E-state index < -0.39 is 6.10 Å². The number of nitrogens with zero attached hydrogens (tertiary/aromatic N) is 1. The first-order chi connectivity index (χ1) is 14.6. The first-order valence-corrected chi connectivity index (χ1v) is 11.1. The van der Waals surface area contributed by atoms with E-state index in [2.05, 4.69) is 15.5 Å². The number of likely N-dealkylation sites (tertiary alicyclic amines) is 1. The largest absolute Gasteiger partial charge is 0.489 e. The Morgan fingerprint density at radius 3 is 2.83 bits per heavy atom. The van der Waals surface area contributed by atoms with E-state index in [4.69, 9.17) is 14.2 Å². The van der Waals surface area contributed by atoms with Crippen LogP contribution in [0.5, 0.6) is 11.5 Å². The van der Waals surface area contributed by atoms with Gasteiger partial charge in [-0.25, -0.2) is 0 Å². The average molecular weight is 420 g/mol. The van der Waals surface area contributed by atoms with Crippen molar-refractivity contribution in [1.82, 2.24) is 10.2 Å². The second kappa shape index (κ2) is 9.85. The van der Waals surface area contributed by atoms with Gasteiger partial charge in [0.1, 0.15) is 0 Å². The van der Waals surface area contributed by atoms with Gasteiger partial charge in [-0.05, 0) is 31.9 Å². The molecule has 8 nitrogen and oxygen atoms in total. The second-order valence-electron chi connectivity index (χ2n) is 8.37. The molecule has 0 aliphatic carbocycles. The molecule has 3 atom stereocenters. The van der Waals surface area contributed by atoms with Crippen molar-refractivity contribution in [3.05, 3.63) is 17.7 Å². The summed E-state index contributed by atoms with van der Waals surface area (Å²) < 4.78 is 17.3. The van der Waals surface area contributed by atoms with Gasteiger partial charge in [-0.3, -0.25) is 9.69 Å². The van der Waals surface area contributed by atoms with Crippen LogP contribution in [0.1, 0.15) is 36.0 Å². The van der Waals surface area contributed by atoms with Crippen molar-refractivity contribution in [3.63, 3.8) is 0 Å². The van der Waals surface area contributed by atoms with Crippen molar-refractivity contribution in [1.29, 1.82) is 0 Å². The van der Waals surface area contributed by atoms with E-state index in [0.717, 1.165) is 51.1 Å². The van der Waals surface area contributed by atoms with E-state index in [1.807, 2.05) is 13.1 Å². The Bertz CT molecular complexity index is 738. The van der Waals surface area contributed by atoms with Crippen molar-refractivity contribution < 1.29 is 24.1 Å². The minimum atomic E-state index is -0.458. The summed E-state index contributed by atoms with van der Waals surface area (Å²) in [5, 5.41) is 16.7. The molecule has 1 aromatic rings. The first kappa shape index (κ1) is 21.2. The van der Waals surface area contributed by atoms with Gasteiger partial charge in [0.15, 0.2) is 11.5 Å². The zero-order valence-electron chi connectivity index (χ0n) is 17.7. The van der Waals surface area contributed by atoms with Crippen molar-refractivity contribution in [2.75, 3.05) is 58.4 Å². The van der Waals surface area contributed by atoms with Gasteiger partial charge in [0.05, 0.1) is 31.0 Å². The van der Waals surface area contributed by atoms with Gasteiger partial charge in [0.25, 0.3) is 5.91 Å². The van der Waals surface area contributed by atoms with Crippen molar-refractivity contribution >= 4 is 11.6 Å². The number of hydrogen-bond donors (Lipinski definition) is 3. The number of amides is 1. The minimum absolute atomic E-state index is 0.0398. The van der Waals surface area contributed by atoms with Crippen LogP contribution in [0.3, 0.4) is 0 Å². The summed E-state index contributed by atoms with van der Waals surface area (Å²) in [6, 6.07) is 3.63. The molecule has 3 aliphatic rings. The third-order valence-electron chi connectivity index (χ3n) is 6.20. The predicted molar refractivity (Wildman–Crippen MR) is 113 cm³/mol. The van der Waals surface area contributed by atoms with Gasteiger partial charge in [0, 0.05) is 57.4 Å². The summed E-state index contributed by atoms with van der Waals surface area (Å²) in [4.78, 5) is 15.2. The molecule has 3 aliphatic heterocycles. The fourth-order valence-electron chi connectivity index (χ4n) is 4.43. The normalized spacial score (nSPS) is 26.8. The summed E-state index contributed by atoms with van der Waals surface area (Å²) in [6.45, 7) is 4.81. The maximum Gasteiger partial charge on any atom is 0.255 e. The third kappa shape index (κ3) is 4.99. The van der Waals surface area contributed by atoms with Crippen molar-refractivity contribution in [3.8, 4) is 11.5 Å². The summed E-state index contributed by atoms with van der Waals surface area (Å²) in [5.41, 5.74) is 1.26. The lowest BCUT2D eigenvalue weighted by Gasteiger charge is -2.37. The third-order valence-corrected chi connectivity index (χ3v) is 6.20. The number of fused-ring (bicyclic) bond motifs is 1. The molecule has 2 saturated heterocycles. The highest BCUT2D eigenvalue weighted by atomic mass is 16.5. The van der Waals surface area contributed by atoms with Crippen LogP contribution in [0.2, 0.25) is 0 Å². The Morgan fingerprint density at radius 2 is 2.07 bits per heavy atom. The van der Waals surface area contributed by atoms with Gasteiger partial charge in [-0.1, -0.05) is 0 Å². The number of ether oxygens (including phenoxy) is 3. The van der Waals surface area contributed by atoms with Crippen LogP contribution in [-0.4, -0.2) is 81.2 Å². The number of carbonyl (C=O) groups excluding carboxylic acids is 1. The lowest BCUT2D eigenvalue weighted by molar-refractivity contribution is -0.00191. The molecule has 8 heteroatoms. The topological polar surface area (TPSA) is 92.3 Å². The van der Waals surface area contributed by atoms with Gasteiger partial charge in [-0.2, -0.15) is 0 Å². The number of anilines is 1. The molecule has 0 radical (unpaired) electrons.